The van der Waals surface area contributed by atoms with Crippen LogP contribution in [0.4, 0.5) is 0 Å². The van der Waals surface area contributed by atoms with Crippen molar-refractivity contribution in [2.24, 2.45) is 0 Å². The van der Waals surface area contributed by atoms with Crippen LogP contribution in [-0.4, -0.2) is 18.1 Å². The van der Waals surface area contributed by atoms with Crippen LogP contribution in [0.3, 0.4) is 0 Å². The van der Waals surface area contributed by atoms with Crippen LogP contribution in [0.2, 0.25) is 5.02 Å². The van der Waals surface area contributed by atoms with Gasteiger partial charge in [0.15, 0.2) is 0 Å². The van der Waals surface area contributed by atoms with Crippen LogP contribution in [0, 0.1) is 0 Å². The Labute approximate surface area is 93.3 Å². The van der Waals surface area contributed by atoms with Crippen molar-refractivity contribution in [3.05, 3.63) is 41.0 Å². The molecule has 15 heavy (non-hydrogen) atoms. The Morgan fingerprint density at radius 1 is 1.27 bits per heavy atom. The van der Waals surface area contributed by atoms with Crippen LogP contribution in [0.5, 0.6) is 0 Å². The molecule has 0 bridgehead atoms. The third-order valence-corrected chi connectivity index (χ3v) is 3.28. The zero-order chi connectivity index (χ0) is 10.3. The Bertz CT molecular complexity index is 506. The summed E-state index contributed by atoms with van der Waals surface area (Å²) in [6, 6.07) is 8.03. The fourth-order valence-corrected chi connectivity index (χ4v) is 2.33. The fraction of sp³-hybridized carbons (Fsp3) is 0.250. The number of nitrogens with zero attached hydrogens (tertiary/aromatic N) is 1. The van der Waals surface area contributed by atoms with Crippen molar-refractivity contribution in [1.82, 2.24) is 10.3 Å². The topological polar surface area (TPSA) is 24.9 Å². The van der Waals surface area contributed by atoms with Crippen LogP contribution in [0.15, 0.2) is 30.5 Å². The second kappa shape index (κ2) is 3.47. The molecule has 3 rings (SSSR count). The molecule has 1 fully saturated rings. The van der Waals surface area contributed by atoms with Crippen molar-refractivity contribution in [3.8, 4) is 0 Å². The molecular weight excluding hydrogens is 208 g/mol. The molecule has 1 aliphatic rings. The number of halogens is 1. The van der Waals surface area contributed by atoms with Gasteiger partial charge in [-0.15, -0.1) is 0 Å². The minimum absolute atomic E-state index is 0.524. The summed E-state index contributed by atoms with van der Waals surface area (Å²) in [6.07, 6.45) is 1.83. The molecule has 76 valence electrons. The minimum Gasteiger partial charge on any atom is -0.315 e. The van der Waals surface area contributed by atoms with E-state index in [1.54, 1.807) is 0 Å². The summed E-state index contributed by atoms with van der Waals surface area (Å²) >= 11 is 6.24. The number of hydrogen-bond acceptors (Lipinski definition) is 2. The monoisotopic (exact) mass is 218 g/mol. The van der Waals surface area contributed by atoms with Crippen LogP contribution in [-0.2, 0) is 0 Å². The fourth-order valence-electron chi connectivity index (χ4n) is 2.02. The Hall–Kier alpha value is -1.12. The Kier molecular flexibility index (Phi) is 2.11. The quantitative estimate of drug-likeness (QED) is 0.796. The molecule has 1 N–H and O–H groups in total. The summed E-state index contributed by atoms with van der Waals surface area (Å²) in [6.45, 7) is 2.02. The maximum absolute atomic E-state index is 6.24. The van der Waals surface area contributed by atoms with Crippen molar-refractivity contribution >= 4 is 22.5 Å². The average molecular weight is 219 g/mol. The molecule has 1 aliphatic heterocycles. The summed E-state index contributed by atoms with van der Waals surface area (Å²) in [5, 5.41) is 5.28. The molecule has 1 aromatic heterocycles. The molecule has 2 aromatic rings. The maximum atomic E-state index is 6.24. The van der Waals surface area contributed by atoms with E-state index in [0.29, 0.717) is 5.92 Å². The Balaban J connectivity index is 2.27. The number of rotatable bonds is 1. The SMILES string of the molecule is Clc1ccc2cccnc2c1C1CNC1. The van der Waals surface area contributed by atoms with E-state index in [1.165, 1.54) is 10.9 Å². The predicted molar refractivity (Wildman–Crippen MR) is 62.4 cm³/mol. The van der Waals surface area contributed by atoms with E-state index >= 15 is 0 Å². The van der Waals surface area contributed by atoms with Gasteiger partial charge in [-0.05, 0) is 12.1 Å². The van der Waals surface area contributed by atoms with E-state index in [-0.39, 0.29) is 0 Å². The first kappa shape index (κ1) is 9.13. The number of nitrogens with one attached hydrogen (secondary N) is 1. The largest absolute Gasteiger partial charge is 0.315 e. The smallest absolute Gasteiger partial charge is 0.0752 e. The summed E-state index contributed by atoms with van der Waals surface area (Å²) < 4.78 is 0. The lowest BCUT2D eigenvalue weighted by Crippen LogP contribution is -2.40. The molecule has 1 saturated heterocycles. The zero-order valence-electron chi connectivity index (χ0n) is 8.20. The summed E-state index contributed by atoms with van der Waals surface area (Å²) in [5.74, 6) is 0.524. The van der Waals surface area contributed by atoms with Gasteiger partial charge in [0.2, 0.25) is 0 Å². The molecule has 0 radical (unpaired) electrons. The molecule has 0 amide bonds. The summed E-state index contributed by atoms with van der Waals surface area (Å²) in [4.78, 5) is 4.43. The van der Waals surface area contributed by atoms with E-state index in [9.17, 15) is 0 Å². The van der Waals surface area contributed by atoms with E-state index < -0.39 is 0 Å². The highest BCUT2D eigenvalue weighted by Gasteiger charge is 2.23. The van der Waals surface area contributed by atoms with Gasteiger partial charge in [0.1, 0.15) is 0 Å². The average Bonchev–Trinajstić information content (AvgIpc) is 2.20. The van der Waals surface area contributed by atoms with Crippen LogP contribution in [0.25, 0.3) is 10.9 Å². The molecule has 0 aliphatic carbocycles. The molecule has 1 aromatic carbocycles. The molecule has 3 heteroatoms. The van der Waals surface area contributed by atoms with Gasteiger partial charge in [-0.3, -0.25) is 4.98 Å². The molecular formula is C12H11ClN2. The summed E-state index contributed by atoms with van der Waals surface area (Å²) in [7, 11) is 0. The normalized spacial score (nSPS) is 16.6. The molecule has 0 saturated carbocycles. The first-order valence-electron chi connectivity index (χ1n) is 5.10. The number of fused-ring (bicyclic) bond motifs is 1. The summed E-state index contributed by atoms with van der Waals surface area (Å²) in [5.41, 5.74) is 2.25. The van der Waals surface area contributed by atoms with Crippen molar-refractivity contribution < 1.29 is 0 Å². The highest BCUT2D eigenvalue weighted by Crippen LogP contribution is 2.32. The lowest BCUT2D eigenvalue weighted by atomic mass is 9.91. The lowest BCUT2D eigenvalue weighted by Gasteiger charge is -2.28. The second-order valence-electron chi connectivity index (χ2n) is 3.89. The van der Waals surface area contributed by atoms with Gasteiger partial charge < -0.3 is 5.32 Å². The minimum atomic E-state index is 0.524. The Morgan fingerprint density at radius 2 is 2.13 bits per heavy atom. The highest BCUT2D eigenvalue weighted by atomic mass is 35.5. The van der Waals surface area contributed by atoms with Gasteiger partial charge >= 0.3 is 0 Å². The first-order chi connectivity index (χ1) is 7.36. The molecule has 0 unspecified atom stereocenters. The van der Waals surface area contributed by atoms with E-state index in [0.717, 1.165) is 23.6 Å². The molecule has 2 nitrogen and oxygen atoms in total. The van der Waals surface area contributed by atoms with Crippen molar-refractivity contribution in [2.45, 2.75) is 5.92 Å². The number of pyridine rings is 1. The number of aromatic nitrogens is 1. The van der Waals surface area contributed by atoms with E-state index in [2.05, 4.69) is 16.4 Å². The van der Waals surface area contributed by atoms with Gasteiger partial charge in [-0.25, -0.2) is 0 Å². The van der Waals surface area contributed by atoms with Crippen molar-refractivity contribution in [3.63, 3.8) is 0 Å². The van der Waals surface area contributed by atoms with Crippen LogP contribution < -0.4 is 5.32 Å². The molecule has 0 atom stereocenters. The third-order valence-electron chi connectivity index (χ3n) is 2.95. The third kappa shape index (κ3) is 1.41. The van der Waals surface area contributed by atoms with Crippen LogP contribution >= 0.6 is 11.6 Å². The first-order valence-corrected chi connectivity index (χ1v) is 5.48. The van der Waals surface area contributed by atoms with Crippen molar-refractivity contribution in [2.75, 3.05) is 13.1 Å². The maximum Gasteiger partial charge on any atom is 0.0752 e. The lowest BCUT2D eigenvalue weighted by molar-refractivity contribution is 0.450. The highest BCUT2D eigenvalue weighted by molar-refractivity contribution is 6.32. The van der Waals surface area contributed by atoms with Gasteiger partial charge in [0.05, 0.1) is 5.52 Å². The standard InChI is InChI=1S/C12H11ClN2/c13-10-4-3-8-2-1-5-15-12(8)11(10)9-6-14-7-9/h1-5,9,14H,6-7H2. The van der Waals surface area contributed by atoms with Gasteiger partial charge in [-0.2, -0.15) is 0 Å². The predicted octanol–water partition coefficient (Wildman–Crippen LogP) is 2.58. The Morgan fingerprint density at radius 3 is 2.87 bits per heavy atom. The second-order valence-corrected chi connectivity index (χ2v) is 4.30. The number of hydrogen-bond donors (Lipinski definition) is 1. The zero-order valence-corrected chi connectivity index (χ0v) is 8.96. The van der Waals surface area contributed by atoms with Gasteiger partial charge in [0.25, 0.3) is 0 Å². The van der Waals surface area contributed by atoms with Gasteiger partial charge in [-0.1, -0.05) is 23.7 Å². The molecule has 0 spiro atoms. The van der Waals surface area contributed by atoms with Crippen LogP contribution in [0.1, 0.15) is 11.5 Å². The van der Waals surface area contributed by atoms with Gasteiger partial charge in [0, 0.05) is 41.2 Å². The van der Waals surface area contributed by atoms with Crippen molar-refractivity contribution in [1.29, 1.82) is 0 Å². The van der Waals surface area contributed by atoms with E-state index in [1.807, 2.05) is 24.4 Å². The number of benzene rings is 1. The molecule has 2 heterocycles. The van der Waals surface area contributed by atoms with E-state index in [4.69, 9.17) is 11.6 Å².